The van der Waals surface area contributed by atoms with Gasteiger partial charge in [0.05, 0.1) is 0 Å². The number of allylic oxidation sites excluding steroid dienone is 3. The maximum absolute atomic E-state index is 6.00. The predicted molar refractivity (Wildman–Crippen MR) is 67.6 cm³/mol. The van der Waals surface area contributed by atoms with Crippen LogP contribution in [-0.4, -0.2) is 13.1 Å². The van der Waals surface area contributed by atoms with Gasteiger partial charge in [0, 0.05) is 30.1 Å². The zero-order valence-electron chi connectivity index (χ0n) is 9.44. The molecular weight excluding hydrogens is 210 g/mol. The molecule has 0 spiro atoms. The molecule has 1 aromatic carbocycles. The van der Waals surface area contributed by atoms with Gasteiger partial charge in [-0.05, 0) is 17.7 Å². The Hall–Kier alpha value is -1.80. The van der Waals surface area contributed by atoms with Crippen molar-refractivity contribution in [3.8, 4) is 5.75 Å². The highest BCUT2D eigenvalue weighted by Crippen LogP contribution is 2.43. The van der Waals surface area contributed by atoms with E-state index in [2.05, 4.69) is 35.7 Å². The minimum absolute atomic E-state index is 0.465. The molecule has 4 rings (SSSR count). The predicted octanol–water partition coefficient (Wildman–Crippen LogP) is 2.51. The highest BCUT2D eigenvalue weighted by atomic mass is 16.5. The van der Waals surface area contributed by atoms with Gasteiger partial charge in [-0.3, -0.25) is 0 Å². The molecule has 1 aliphatic carbocycles. The number of fused-ring (bicyclic) bond motifs is 2. The summed E-state index contributed by atoms with van der Waals surface area (Å²) in [6, 6.07) is 8.29. The number of benzene rings is 1. The van der Waals surface area contributed by atoms with Gasteiger partial charge in [0.25, 0.3) is 0 Å². The average molecular weight is 223 g/mol. The summed E-state index contributed by atoms with van der Waals surface area (Å²) in [5, 5.41) is 3.49. The van der Waals surface area contributed by atoms with Gasteiger partial charge >= 0.3 is 0 Å². The van der Waals surface area contributed by atoms with Gasteiger partial charge in [-0.2, -0.15) is 0 Å². The van der Waals surface area contributed by atoms with Gasteiger partial charge in [0.15, 0.2) is 0 Å². The van der Waals surface area contributed by atoms with Crippen molar-refractivity contribution in [3.05, 3.63) is 59.4 Å². The Balaban J connectivity index is 2.00. The number of ether oxygens (including phenoxy) is 1. The first-order chi connectivity index (χ1) is 8.43. The number of nitrogens with one attached hydrogen (secondary N) is 1. The highest BCUT2D eigenvalue weighted by molar-refractivity contribution is 5.81. The maximum Gasteiger partial charge on any atom is 0.134 e. The fourth-order valence-electron chi connectivity index (χ4n) is 2.89. The van der Waals surface area contributed by atoms with Crippen LogP contribution in [0.4, 0.5) is 0 Å². The van der Waals surface area contributed by atoms with E-state index in [-0.39, 0.29) is 0 Å². The van der Waals surface area contributed by atoms with Crippen LogP contribution in [0.15, 0.2) is 53.8 Å². The summed E-state index contributed by atoms with van der Waals surface area (Å²) in [7, 11) is 0. The molecule has 0 fully saturated rings. The molecule has 1 unspecified atom stereocenters. The maximum atomic E-state index is 6.00. The first-order valence-electron chi connectivity index (χ1n) is 6.03. The SMILES string of the molecule is C1=CC2CNCC3=C2C(=C1)Oc1ccccc13. The molecule has 0 radical (unpaired) electrons. The summed E-state index contributed by atoms with van der Waals surface area (Å²) in [5.74, 6) is 2.48. The molecule has 1 atom stereocenters. The summed E-state index contributed by atoms with van der Waals surface area (Å²) < 4.78 is 6.00. The third-order valence-electron chi connectivity index (χ3n) is 3.65. The molecule has 2 nitrogen and oxygen atoms in total. The molecule has 3 aliphatic rings. The van der Waals surface area contributed by atoms with Gasteiger partial charge in [0.2, 0.25) is 0 Å². The Morgan fingerprint density at radius 1 is 1.24 bits per heavy atom. The first kappa shape index (κ1) is 9.25. The lowest BCUT2D eigenvalue weighted by Crippen LogP contribution is -2.35. The van der Waals surface area contributed by atoms with Crippen molar-refractivity contribution in [3.63, 3.8) is 0 Å². The van der Waals surface area contributed by atoms with E-state index in [4.69, 9.17) is 4.74 Å². The lowest BCUT2D eigenvalue weighted by Gasteiger charge is -2.35. The van der Waals surface area contributed by atoms with Crippen LogP contribution < -0.4 is 10.1 Å². The monoisotopic (exact) mass is 223 g/mol. The molecular formula is C15H13NO. The van der Waals surface area contributed by atoms with E-state index in [0.717, 1.165) is 24.6 Å². The third-order valence-corrected chi connectivity index (χ3v) is 3.65. The van der Waals surface area contributed by atoms with Crippen molar-refractivity contribution in [2.45, 2.75) is 0 Å². The van der Waals surface area contributed by atoms with Crippen molar-refractivity contribution >= 4 is 5.57 Å². The lowest BCUT2D eigenvalue weighted by atomic mass is 9.82. The number of para-hydroxylation sites is 1. The van der Waals surface area contributed by atoms with Crippen LogP contribution in [0.25, 0.3) is 5.57 Å². The van der Waals surface area contributed by atoms with Crippen LogP contribution in [0, 0.1) is 5.92 Å². The Kier molecular flexibility index (Phi) is 1.82. The zero-order valence-corrected chi connectivity index (χ0v) is 9.44. The van der Waals surface area contributed by atoms with Gasteiger partial charge in [-0.25, -0.2) is 0 Å². The topological polar surface area (TPSA) is 21.3 Å². The molecule has 0 amide bonds. The Labute approximate surface area is 100 Å². The minimum atomic E-state index is 0.465. The van der Waals surface area contributed by atoms with Crippen molar-refractivity contribution < 1.29 is 4.74 Å². The fraction of sp³-hybridized carbons (Fsp3) is 0.200. The third kappa shape index (κ3) is 1.25. The van der Waals surface area contributed by atoms with Crippen LogP contribution >= 0.6 is 0 Å². The molecule has 1 aromatic rings. The van der Waals surface area contributed by atoms with Crippen molar-refractivity contribution in [1.29, 1.82) is 0 Å². The fourth-order valence-corrected chi connectivity index (χ4v) is 2.89. The van der Waals surface area contributed by atoms with Crippen LogP contribution in [0.1, 0.15) is 5.56 Å². The average Bonchev–Trinajstić information content (AvgIpc) is 2.39. The second kappa shape index (κ2) is 3.34. The second-order valence-corrected chi connectivity index (χ2v) is 4.64. The van der Waals surface area contributed by atoms with Crippen molar-refractivity contribution in [2.75, 3.05) is 13.1 Å². The number of hydrogen-bond acceptors (Lipinski definition) is 2. The van der Waals surface area contributed by atoms with Gasteiger partial charge in [0.1, 0.15) is 11.5 Å². The largest absolute Gasteiger partial charge is 0.456 e. The summed E-state index contributed by atoms with van der Waals surface area (Å²) in [5.41, 5.74) is 4.02. The molecule has 0 saturated carbocycles. The van der Waals surface area contributed by atoms with Gasteiger partial charge in [-0.1, -0.05) is 30.4 Å². The van der Waals surface area contributed by atoms with Crippen LogP contribution in [0.2, 0.25) is 0 Å². The number of hydrogen-bond donors (Lipinski definition) is 1. The van der Waals surface area contributed by atoms with E-state index < -0.39 is 0 Å². The minimum Gasteiger partial charge on any atom is -0.456 e. The Morgan fingerprint density at radius 2 is 2.18 bits per heavy atom. The quantitative estimate of drug-likeness (QED) is 0.729. The van der Waals surface area contributed by atoms with E-state index in [1.54, 1.807) is 0 Å². The number of rotatable bonds is 0. The summed E-state index contributed by atoms with van der Waals surface area (Å²) in [6.45, 7) is 1.95. The van der Waals surface area contributed by atoms with Gasteiger partial charge < -0.3 is 10.1 Å². The molecule has 2 heteroatoms. The standard InChI is InChI=1S/C15H13NO/c1-2-6-13-11(5-1)12-9-16-8-10-4-3-7-14(17-13)15(10)12/h1-7,10,16H,8-9H2. The molecule has 1 N–H and O–H groups in total. The Bertz CT molecular complexity index is 580. The van der Waals surface area contributed by atoms with E-state index in [1.807, 2.05) is 12.1 Å². The molecule has 84 valence electrons. The van der Waals surface area contributed by atoms with E-state index in [9.17, 15) is 0 Å². The first-order valence-corrected chi connectivity index (χ1v) is 6.03. The molecule has 0 aromatic heterocycles. The van der Waals surface area contributed by atoms with E-state index in [1.165, 1.54) is 16.7 Å². The molecule has 0 bridgehead atoms. The Morgan fingerprint density at radius 3 is 3.18 bits per heavy atom. The summed E-state index contributed by atoms with van der Waals surface area (Å²) in [4.78, 5) is 0. The lowest BCUT2D eigenvalue weighted by molar-refractivity contribution is 0.406. The summed E-state index contributed by atoms with van der Waals surface area (Å²) in [6.07, 6.45) is 6.43. The van der Waals surface area contributed by atoms with E-state index in [0.29, 0.717) is 5.92 Å². The normalized spacial score (nSPS) is 24.7. The molecule has 2 heterocycles. The smallest absolute Gasteiger partial charge is 0.134 e. The van der Waals surface area contributed by atoms with Gasteiger partial charge in [-0.15, -0.1) is 0 Å². The zero-order chi connectivity index (χ0) is 11.2. The van der Waals surface area contributed by atoms with Crippen molar-refractivity contribution in [2.24, 2.45) is 5.92 Å². The second-order valence-electron chi connectivity index (χ2n) is 4.64. The molecule has 17 heavy (non-hydrogen) atoms. The summed E-state index contributed by atoms with van der Waals surface area (Å²) >= 11 is 0. The molecule has 2 aliphatic heterocycles. The molecule has 0 saturated heterocycles. The highest BCUT2D eigenvalue weighted by Gasteiger charge is 2.32. The van der Waals surface area contributed by atoms with Crippen LogP contribution in [0.3, 0.4) is 0 Å². The van der Waals surface area contributed by atoms with Crippen LogP contribution in [0.5, 0.6) is 5.75 Å². The van der Waals surface area contributed by atoms with Crippen LogP contribution in [-0.2, 0) is 0 Å². The van der Waals surface area contributed by atoms with E-state index >= 15 is 0 Å². The van der Waals surface area contributed by atoms with Crippen molar-refractivity contribution in [1.82, 2.24) is 5.32 Å².